The van der Waals surface area contributed by atoms with Gasteiger partial charge in [-0.1, -0.05) is 0 Å². The molecule has 1 atom stereocenters. The first kappa shape index (κ1) is 14.4. The van der Waals surface area contributed by atoms with Crippen LogP contribution < -0.4 is 14.8 Å². The fraction of sp³-hybridized carbons (Fsp3) is 0.600. The van der Waals surface area contributed by atoms with E-state index in [4.69, 9.17) is 9.47 Å². The molecule has 0 saturated carbocycles. The Morgan fingerprint density at radius 2 is 2.00 bits per heavy atom. The summed E-state index contributed by atoms with van der Waals surface area (Å²) in [5.74, 6) is 5.04. The first-order chi connectivity index (χ1) is 9.33. The molecule has 1 aliphatic heterocycles. The summed E-state index contributed by atoms with van der Waals surface area (Å²) in [6, 6.07) is 6.09. The fourth-order valence-electron chi connectivity index (χ4n) is 2.17. The molecule has 19 heavy (non-hydrogen) atoms. The fourth-order valence-corrected chi connectivity index (χ4v) is 3.45. The number of thioether (sulfide) groups is 1. The lowest BCUT2D eigenvalue weighted by atomic mass is 10.1. The summed E-state index contributed by atoms with van der Waals surface area (Å²) >= 11 is 2.05. The van der Waals surface area contributed by atoms with Crippen LogP contribution in [-0.2, 0) is 0 Å². The van der Waals surface area contributed by atoms with Crippen LogP contribution in [0.2, 0.25) is 0 Å². The van der Waals surface area contributed by atoms with E-state index in [2.05, 4.69) is 23.1 Å². The van der Waals surface area contributed by atoms with Gasteiger partial charge in [-0.25, -0.2) is 0 Å². The van der Waals surface area contributed by atoms with Crippen LogP contribution in [0.5, 0.6) is 11.5 Å². The average molecular weight is 281 g/mol. The molecule has 4 heteroatoms. The van der Waals surface area contributed by atoms with Crippen LogP contribution in [0.15, 0.2) is 18.2 Å². The molecule has 106 valence electrons. The van der Waals surface area contributed by atoms with Crippen molar-refractivity contribution in [3.05, 3.63) is 18.2 Å². The molecule has 1 heterocycles. The van der Waals surface area contributed by atoms with Gasteiger partial charge in [-0.2, -0.15) is 11.8 Å². The van der Waals surface area contributed by atoms with E-state index in [1.54, 1.807) is 0 Å². The highest BCUT2D eigenvalue weighted by atomic mass is 32.2. The molecule has 0 spiro atoms. The number of hydrogen-bond acceptors (Lipinski definition) is 4. The van der Waals surface area contributed by atoms with Gasteiger partial charge in [0.2, 0.25) is 0 Å². The summed E-state index contributed by atoms with van der Waals surface area (Å²) in [6.07, 6.45) is 1.33. The van der Waals surface area contributed by atoms with E-state index < -0.39 is 0 Å². The number of nitrogens with one attached hydrogen (secondary N) is 1. The molecule has 0 aliphatic carbocycles. The van der Waals surface area contributed by atoms with Gasteiger partial charge in [0.05, 0.1) is 13.2 Å². The number of anilines is 1. The van der Waals surface area contributed by atoms with E-state index in [1.165, 1.54) is 17.9 Å². The number of ether oxygens (including phenoxy) is 2. The zero-order valence-electron chi connectivity index (χ0n) is 11.8. The summed E-state index contributed by atoms with van der Waals surface area (Å²) in [4.78, 5) is 0. The Balaban J connectivity index is 1.97. The van der Waals surface area contributed by atoms with E-state index in [9.17, 15) is 0 Å². The third kappa shape index (κ3) is 4.23. The van der Waals surface area contributed by atoms with Crippen LogP contribution in [0.4, 0.5) is 5.69 Å². The monoisotopic (exact) mass is 281 g/mol. The summed E-state index contributed by atoms with van der Waals surface area (Å²) in [5.41, 5.74) is 1.11. The van der Waals surface area contributed by atoms with Gasteiger partial charge in [-0.15, -0.1) is 0 Å². The van der Waals surface area contributed by atoms with Crippen LogP contribution in [-0.4, -0.2) is 31.3 Å². The van der Waals surface area contributed by atoms with E-state index >= 15 is 0 Å². The van der Waals surface area contributed by atoms with Gasteiger partial charge in [0.15, 0.2) is 11.5 Å². The molecular formula is C15H23NO2S. The van der Waals surface area contributed by atoms with Crippen molar-refractivity contribution in [2.24, 2.45) is 5.92 Å². The molecule has 1 aliphatic rings. The standard InChI is InChI=1S/C15H23NO2S/c1-3-17-14-6-5-13(9-15(14)18-4-2)16-10-12-7-8-19-11-12/h5-6,9,12,16H,3-4,7-8,10-11H2,1-2H3. The summed E-state index contributed by atoms with van der Waals surface area (Å²) in [5, 5.41) is 3.51. The largest absolute Gasteiger partial charge is 0.490 e. The van der Waals surface area contributed by atoms with Gasteiger partial charge in [0, 0.05) is 18.3 Å². The SMILES string of the molecule is CCOc1ccc(NCC2CCSC2)cc1OCC. The molecule has 1 aromatic carbocycles. The molecule has 0 bridgehead atoms. The Hall–Kier alpha value is -1.03. The minimum absolute atomic E-state index is 0.656. The van der Waals surface area contributed by atoms with Crippen molar-refractivity contribution < 1.29 is 9.47 Å². The predicted molar refractivity (Wildman–Crippen MR) is 82.7 cm³/mol. The third-order valence-electron chi connectivity index (χ3n) is 3.16. The molecule has 3 nitrogen and oxygen atoms in total. The lowest BCUT2D eigenvalue weighted by Gasteiger charge is -2.15. The Bertz CT molecular complexity index is 392. The maximum absolute atomic E-state index is 5.63. The van der Waals surface area contributed by atoms with Crippen LogP contribution in [0, 0.1) is 5.92 Å². The van der Waals surface area contributed by atoms with Crippen molar-refractivity contribution in [1.29, 1.82) is 0 Å². The highest BCUT2D eigenvalue weighted by molar-refractivity contribution is 7.99. The second-order valence-corrected chi connectivity index (χ2v) is 5.79. The van der Waals surface area contributed by atoms with Crippen molar-refractivity contribution in [3.63, 3.8) is 0 Å². The lowest BCUT2D eigenvalue weighted by molar-refractivity contribution is 0.288. The van der Waals surface area contributed by atoms with E-state index in [-0.39, 0.29) is 0 Å². The normalized spacial score (nSPS) is 18.3. The van der Waals surface area contributed by atoms with E-state index in [0.29, 0.717) is 13.2 Å². The average Bonchev–Trinajstić information content (AvgIpc) is 2.93. The second-order valence-electron chi connectivity index (χ2n) is 4.64. The molecular weight excluding hydrogens is 258 g/mol. The van der Waals surface area contributed by atoms with Crippen molar-refractivity contribution in [3.8, 4) is 11.5 Å². The Labute approximate surface area is 120 Å². The summed E-state index contributed by atoms with van der Waals surface area (Å²) < 4.78 is 11.2. The first-order valence-corrected chi connectivity index (χ1v) is 8.20. The number of benzene rings is 1. The molecule has 2 rings (SSSR count). The van der Waals surface area contributed by atoms with Gasteiger partial charge < -0.3 is 14.8 Å². The quantitative estimate of drug-likeness (QED) is 0.826. The minimum Gasteiger partial charge on any atom is -0.490 e. The number of hydrogen-bond donors (Lipinski definition) is 1. The van der Waals surface area contributed by atoms with Gasteiger partial charge in [-0.05, 0) is 49.8 Å². The van der Waals surface area contributed by atoms with Crippen LogP contribution in [0.25, 0.3) is 0 Å². The van der Waals surface area contributed by atoms with Crippen LogP contribution >= 0.6 is 11.8 Å². The highest BCUT2D eigenvalue weighted by Crippen LogP contribution is 2.31. The third-order valence-corrected chi connectivity index (χ3v) is 4.39. The van der Waals surface area contributed by atoms with Crippen molar-refractivity contribution in [2.75, 3.05) is 36.6 Å². The zero-order chi connectivity index (χ0) is 13.5. The molecule has 1 N–H and O–H groups in total. The highest BCUT2D eigenvalue weighted by Gasteiger charge is 2.15. The van der Waals surface area contributed by atoms with Gasteiger partial charge in [-0.3, -0.25) is 0 Å². The summed E-state index contributed by atoms with van der Waals surface area (Å²) in [7, 11) is 0. The van der Waals surface area contributed by atoms with Crippen molar-refractivity contribution in [1.82, 2.24) is 0 Å². The molecule has 1 unspecified atom stereocenters. The van der Waals surface area contributed by atoms with Crippen LogP contribution in [0.1, 0.15) is 20.3 Å². The topological polar surface area (TPSA) is 30.5 Å². The van der Waals surface area contributed by atoms with Gasteiger partial charge in [0.25, 0.3) is 0 Å². The molecule has 1 saturated heterocycles. The Kier molecular flexibility index (Phi) is 5.70. The smallest absolute Gasteiger partial charge is 0.163 e. The van der Waals surface area contributed by atoms with E-state index in [0.717, 1.165) is 29.6 Å². The molecule has 0 radical (unpaired) electrons. The van der Waals surface area contributed by atoms with Crippen LogP contribution in [0.3, 0.4) is 0 Å². The molecule has 1 aromatic rings. The first-order valence-electron chi connectivity index (χ1n) is 7.04. The maximum Gasteiger partial charge on any atom is 0.163 e. The molecule has 0 aromatic heterocycles. The van der Waals surface area contributed by atoms with E-state index in [1.807, 2.05) is 26.0 Å². The lowest BCUT2D eigenvalue weighted by Crippen LogP contribution is -2.13. The van der Waals surface area contributed by atoms with Crippen molar-refractivity contribution >= 4 is 17.4 Å². The van der Waals surface area contributed by atoms with Crippen molar-refractivity contribution in [2.45, 2.75) is 20.3 Å². The van der Waals surface area contributed by atoms with Gasteiger partial charge >= 0.3 is 0 Å². The summed E-state index contributed by atoms with van der Waals surface area (Å²) in [6.45, 7) is 6.34. The molecule has 1 fully saturated rings. The predicted octanol–water partition coefficient (Wildman–Crippen LogP) is 3.65. The maximum atomic E-state index is 5.63. The minimum atomic E-state index is 0.656. The number of rotatable bonds is 7. The van der Waals surface area contributed by atoms with Gasteiger partial charge in [0.1, 0.15) is 0 Å². The zero-order valence-corrected chi connectivity index (χ0v) is 12.6. The Morgan fingerprint density at radius 3 is 2.68 bits per heavy atom. The molecule has 0 amide bonds. The second kappa shape index (κ2) is 7.53. The Morgan fingerprint density at radius 1 is 1.21 bits per heavy atom.